The van der Waals surface area contributed by atoms with E-state index in [1.165, 1.54) is 0 Å². The van der Waals surface area contributed by atoms with Crippen LogP contribution in [0.5, 0.6) is 0 Å². The molecule has 1 aliphatic rings. The van der Waals surface area contributed by atoms with Crippen molar-refractivity contribution in [3.05, 3.63) is 29.8 Å². The van der Waals surface area contributed by atoms with Gasteiger partial charge in [0.25, 0.3) is 0 Å². The zero-order chi connectivity index (χ0) is 10.8. The van der Waals surface area contributed by atoms with Crippen molar-refractivity contribution in [2.75, 3.05) is 18.0 Å². The molecule has 0 spiro atoms. The van der Waals surface area contributed by atoms with E-state index in [-0.39, 0.29) is 5.92 Å². The molecule has 1 fully saturated rings. The normalized spacial score (nSPS) is 15.5. The fourth-order valence-corrected chi connectivity index (χ4v) is 1.59. The zero-order valence-corrected chi connectivity index (χ0v) is 8.05. The lowest BCUT2D eigenvalue weighted by molar-refractivity contribution is -0.142. The molecule has 1 N–H and O–H groups in total. The molecule has 4 heteroatoms. The van der Waals surface area contributed by atoms with Gasteiger partial charge in [-0.15, -0.1) is 0 Å². The molecule has 0 bridgehead atoms. The lowest BCUT2D eigenvalue weighted by atomic mass is 9.99. The minimum Gasteiger partial charge on any atom is -0.481 e. The summed E-state index contributed by atoms with van der Waals surface area (Å²) in [6.07, 6.45) is 0. The lowest BCUT2D eigenvalue weighted by Gasteiger charge is -2.38. The van der Waals surface area contributed by atoms with E-state index in [1.54, 1.807) is 12.1 Å². The molecule has 1 saturated heterocycles. The maximum Gasteiger partial charge on any atom is 0.310 e. The fourth-order valence-electron chi connectivity index (χ4n) is 1.59. The Morgan fingerprint density at radius 2 is 2.00 bits per heavy atom. The highest BCUT2D eigenvalue weighted by Gasteiger charge is 2.32. The molecule has 1 aromatic rings. The maximum atomic E-state index is 10.6. The van der Waals surface area contributed by atoms with Gasteiger partial charge in [0, 0.05) is 18.8 Å². The highest BCUT2D eigenvalue weighted by Crippen LogP contribution is 2.24. The standard InChI is InChI=1S/C11H10N2O2/c12-5-8-1-3-10(4-2-8)13-6-9(7-13)11(14)15/h1-4,9H,6-7H2,(H,14,15). The molecule has 1 heterocycles. The van der Waals surface area contributed by atoms with Crippen molar-refractivity contribution in [2.45, 2.75) is 0 Å². The number of carboxylic acid groups (broad SMARTS) is 1. The molecule has 0 radical (unpaired) electrons. The Labute approximate surface area is 87.4 Å². The molecule has 0 amide bonds. The van der Waals surface area contributed by atoms with Crippen molar-refractivity contribution < 1.29 is 9.90 Å². The Morgan fingerprint density at radius 3 is 2.47 bits per heavy atom. The van der Waals surface area contributed by atoms with Gasteiger partial charge in [0.1, 0.15) is 0 Å². The molecule has 0 aliphatic carbocycles. The van der Waals surface area contributed by atoms with Crippen LogP contribution in [0.1, 0.15) is 5.56 Å². The van der Waals surface area contributed by atoms with Crippen molar-refractivity contribution in [1.82, 2.24) is 0 Å². The number of carbonyl (C=O) groups is 1. The molecule has 1 aliphatic heterocycles. The predicted octanol–water partition coefficient (Wildman–Crippen LogP) is 1.08. The highest BCUT2D eigenvalue weighted by molar-refractivity contribution is 5.74. The maximum absolute atomic E-state index is 10.6. The lowest BCUT2D eigenvalue weighted by Crippen LogP contribution is -2.50. The topological polar surface area (TPSA) is 64.3 Å². The summed E-state index contributed by atoms with van der Waals surface area (Å²) in [5.74, 6) is -0.986. The molecular weight excluding hydrogens is 192 g/mol. The summed E-state index contributed by atoms with van der Waals surface area (Å²) < 4.78 is 0. The molecule has 0 atom stereocenters. The van der Waals surface area contributed by atoms with E-state index >= 15 is 0 Å². The van der Waals surface area contributed by atoms with Gasteiger partial charge in [-0.1, -0.05) is 0 Å². The first-order valence-electron chi connectivity index (χ1n) is 4.68. The van der Waals surface area contributed by atoms with E-state index in [4.69, 9.17) is 10.4 Å². The second-order valence-corrected chi connectivity index (χ2v) is 3.60. The average Bonchev–Trinajstić information content (AvgIpc) is 2.16. The summed E-state index contributed by atoms with van der Waals surface area (Å²) in [7, 11) is 0. The molecular formula is C11H10N2O2. The molecule has 2 rings (SSSR count). The number of benzene rings is 1. The summed E-state index contributed by atoms with van der Waals surface area (Å²) in [6, 6.07) is 9.21. The van der Waals surface area contributed by atoms with Crippen molar-refractivity contribution in [2.24, 2.45) is 5.92 Å². The second-order valence-electron chi connectivity index (χ2n) is 3.60. The van der Waals surface area contributed by atoms with Crippen LogP contribution < -0.4 is 4.90 Å². The number of nitriles is 1. The summed E-state index contributed by atoms with van der Waals surface area (Å²) >= 11 is 0. The van der Waals surface area contributed by atoms with E-state index in [2.05, 4.69) is 0 Å². The third-order valence-electron chi connectivity index (χ3n) is 2.59. The number of nitrogens with zero attached hydrogens (tertiary/aromatic N) is 2. The van der Waals surface area contributed by atoms with E-state index in [0.717, 1.165) is 5.69 Å². The third kappa shape index (κ3) is 1.77. The van der Waals surface area contributed by atoms with Crippen LogP contribution in [0.4, 0.5) is 5.69 Å². The van der Waals surface area contributed by atoms with Gasteiger partial charge in [-0.3, -0.25) is 4.79 Å². The van der Waals surface area contributed by atoms with Crippen LogP contribution in [-0.4, -0.2) is 24.2 Å². The van der Waals surface area contributed by atoms with Crippen LogP contribution in [0.2, 0.25) is 0 Å². The van der Waals surface area contributed by atoms with Gasteiger partial charge in [0.2, 0.25) is 0 Å². The van der Waals surface area contributed by atoms with Crippen LogP contribution in [0.3, 0.4) is 0 Å². The predicted molar refractivity (Wildman–Crippen MR) is 54.5 cm³/mol. The monoisotopic (exact) mass is 202 g/mol. The summed E-state index contributed by atoms with van der Waals surface area (Å²) in [6.45, 7) is 1.11. The number of hydrogen-bond acceptors (Lipinski definition) is 3. The molecule has 0 aromatic heterocycles. The van der Waals surface area contributed by atoms with Crippen LogP contribution in [0.25, 0.3) is 0 Å². The number of carboxylic acids is 1. The van der Waals surface area contributed by atoms with Gasteiger partial charge in [-0.05, 0) is 24.3 Å². The van der Waals surface area contributed by atoms with E-state index < -0.39 is 5.97 Å². The molecule has 1 aromatic carbocycles. The Kier molecular flexibility index (Phi) is 2.30. The summed E-state index contributed by atoms with van der Waals surface area (Å²) in [5, 5.41) is 17.3. The SMILES string of the molecule is N#Cc1ccc(N2CC(C(=O)O)C2)cc1. The Bertz CT molecular complexity index is 413. The first-order chi connectivity index (χ1) is 7.20. The van der Waals surface area contributed by atoms with Gasteiger partial charge in [0.15, 0.2) is 0 Å². The number of anilines is 1. The average molecular weight is 202 g/mol. The van der Waals surface area contributed by atoms with Crippen LogP contribution in [0.15, 0.2) is 24.3 Å². The second kappa shape index (κ2) is 3.62. The van der Waals surface area contributed by atoms with Crippen molar-refractivity contribution in [1.29, 1.82) is 5.26 Å². The van der Waals surface area contributed by atoms with Crippen LogP contribution in [0, 0.1) is 17.2 Å². The smallest absolute Gasteiger partial charge is 0.310 e. The fraction of sp³-hybridized carbons (Fsp3) is 0.273. The molecule has 0 unspecified atom stereocenters. The highest BCUT2D eigenvalue weighted by atomic mass is 16.4. The molecule has 15 heavy (non-hydrogen) atoms. The van der Waals surface area contributed by atoms with Crippen molar-refractivity contribution >= 4 is 11.7 Å². The van der Waals surface area contributed by atoms with Crippen molar-refractivity contribution in [3.63, 3.8) is 0 Å². The Morgan fingerprint density at radius 1 is 1.40 bits per heavy atom. The minimum absolute atomic E-state index is 0.249. The first kappa shape index (κ1) is 9.53. The molecule has 4 nitrogen and oxygen atoms in total. The third-order valence-corrected chi connectivity index (χ3v) is 2.59. The minimum atomic E-state index is -0.736. The quantitative estimate of drug-likeness (QED) is 0.779. The number of rotatable bonds is 2. The summed E-state index contributed by atoms with van der Waals surface area (Å²) in [5.41, 5.74) is 1.60. The molecule has 0 saturated carbocycles. The van der Waals surface area contributed by atoms with Crippen LogP contribution in [-0.2, 0) is 4.79 Å². The number of aliphatic carboxylic acids is 1. The van der Waals surface area contributed by atoms with E-state index in [9.17, 15) is 4.79 Å². The van der Waals surface area contributed by atoms with Gasteiger partial charge in [-0.2, -0.15) is 5.26 Å². The Balaban J connectivity index is 2.02. The van der Waals surface area contributed by atoms with Crippen LogP contribution >= 0.6 is 0 Å². The van der Waals surface area contributed by atoms with Gasteiger partial charge >= 0.3 is 5.97 Å². The number of hydrogen-bond donors (Lipinski definition) is 1. The van der Waals surface area contributed by atoms with Gasteiger partial charge < -0.3 is 10.0 Å². The van der Waals surface area contributed by atoms with Gasteiger partial charge in [0.05, 0.1) is 17.6 Å². The largest absolute Gasteiger partial charge is 0.481 e. The summed E-state index contributed by atoms with van der Waals surface area (Å²) in [4.78, 5) is 12.6. The van der Waals surface area contributed by atoms with E-state index in [0.29, 0.717) is 18.7 Å². The molecule has 76 valence electrons. The first-order valence-corrected chi connectivity index (χ1v) is 4.68. The van der Waals surface area contributed by atoms with Crippen molar-refractivity contribution in [3.8, 4) is 6.07 Å². The zero-order valence-electron chi connectivity index (χ0n) is 8.05. The van der Waals surface area contributed by atoms with E-state index in [1.807, 2.05) is 23.1 Å². The Hall–Kier alpha value is -2.02. The van der Waals surface area contributed by atoms with Gasteiger partial charge in [-0.25, -0.2) is 0 Å².